The van der Waals surface area contributed by atoms with E-state index in [9.17, 15) is 8.42 Å². The number of aryl methyl sites for hydroxylation is 1. The summed E-state index contributed by atoms with van der Waals surface area (Å²) in [5, 5.41) is 0. The average Bonchev–Trinajstić information content (AvgIpc) is 2.74. The van der Waals surface area contributed by atoms with Gasteiger partial charge in [0, 0.05) is 24.0 Å². The third kappa shape index (κ3) is 3.59. The van der Waals surface area contributed by atoms with Crippen molar-refractivity contribution in [2.45, 2.75) is 45.1 Å². The summed E-state index contributed by atoms with van der Waals surface area (Å²) >= 11 is 0. The van der Waals surface area contributed by atoms with Crippen LogP contribution in [-0.4, -0.2) is 19.5 Å². The first-order chi connectivity index (χ1) is 10.3. The van der Waals surface area contributed by atoms with Gasteiger partial charge in [0.05, 0.1) is 4.90 Å². The van der Waals surface area contributed by atoms with Crippen LogP contribution in [0.2, 0.25) is 0 Å². The fourth-order valence-corrected chi connectivity index (χ4v) is 3.95. The molecule has 0 fully saturated rings. The Morgan fingerprint density at radius 2 is 1.77 bits per heavy atom. The van der Waals surface area contributed by atoms with Gasteiger partial charge in [-0.25, -0.2) is 13.1 Å². The van der Waals surface area contributed by atoms with E-state index in [0.717, 1.165) is 0 Å². The second-order valence-electron chi connectivity index (χ2n) is 5.82. The van der Waals surface area contributed by atoms with E-state index < -0.39 is 10.0 Å². The van der Waals surface area contributed by atoms with E-state index in [1.807, 2.05) is 0 Å². The Labute approximate surface area is 133 Å². The Morgan fingerprint density at radius 1 is 1.14 bits per heavy atom. The molecule has 0 bridgehead atoms. The van der Waals surface area contributed by atoms with Crippen LogP contribution in [0, 0.1) is 13.8 Å². The van der Waals surface area contributed by atoms with Gasteiger partial charge in [0.15, 0.2) is 0 Å². The van der Waals surface area contributed by atoms with E-state index in [1.165, 1.54) is 17.0 Å². The maximum atomic E-state index is 12.2. The predicted molar refractivity (Wildman–Crippen MR) is 89.6 cm³/mol. The lowest BCUT2D eigenvalue weighted by molar-refractivity contribution is 0.571. The van der Waals surface area contributed by atoms with Gasteiger partial charge in [-0.05, 0) is 57.9 Å². The van der Waals surface area contributed by atoms with Gasteiger partial charge in [-0.3, -0.25) is 0 Å². The molecule has 0 spiro atoms. The second kappa shape index (κ2) is 6.67. The SMILES string of the molecule is Cc1cc(CCNS(=O)(=O)c2ccccc2)c(C)n1C(C)C. The summed E-state index contributed by atoms with van der Waals surface area (Å²) < 4.78 is 29.3. The normalized spacial score (nSPS) is 12.0. The molecule has 1 aromatic carbocycles. The van der Waals surface area contributed by atoms with E-state index in [-0.39, 0.29) is 0 Å². The van der Waals surface area contributed by atoms with Crippen molar-refractivity contribution in [2.24, 2.45) is 0 Å². The molecule has 120 valence electrons. The lowest BCUT2D eigenvalue weighted by Gasteiger charge is -2.14. The number of hydrogen-bond acceptors (Lipinski definition) is 2. The van der Waals surface area contributed by atoms with Crippen LogP contribution >= 0.6 is 0 Å². The molecule has 0 aliphatic rings. The standard InChI is InChI=1S/C17H24N2O2S/c1-13(2)19-14(3)12-16(15(19)4)10-11-18-22(20,21)17-8-6-5-7-9-17/h5-9,12-13,18H,10-11H2,1-4H3. The van der Waals surface area contributed by atoms with Crippen molar-refractivity contribution in [3.05, 3.63) is 53.3 Å². The van der Waals surface area contributed by atoms with Crippen molar-refractivity contribution in [3.8, 4) is 0 Å². The summed E-state index contributed by atoms with van der Waals surface area (Å²) in [4.78, 5) is 0.308. The Kier molecular flexibility index (Phi) is 5.08. The molecule has 5 heteroatoms. The second-order valence-corrected chi connectivity index (χ2v) is 7.59. The lowest BCUT2D eigenvalue weighted by Crippen LogP contribution is -2.26. The summed E-state index contributed by atoms with van der Waals surface area (Å²) in [6.45, 7) is 8.89. The van der Waals surface area contributed by atoms with Gasteiger partial charge in [-0.1, -0.05) is 18.2 Å². The minimum absolute atomic E-state index is 0.308. The number of aromatic nitrogens is 1. The van der Waals surface area contributed by atoms with Crippen LogP contribution in [-0.2, 0) is 16.4 Å². The highest BCUT2D eigenvalue weighted by Crippen LogP contribution is 2.20. The smallest absolute Gasteiger partial charge is 0.240 e. The first-order valence-electron chi connectivity index (χ1n) is 7.55. The first kappa shape index (κ1) is 16.8. The lowest BCUT2D eigenvalue weighted by atomic mass is 10.2. The fourth-order valence-electron chi connectivity index (χ4n) is 2.90. The van der Waals surface area contributed by atoms with Crippen LogP contribution < -0.4 is 4.72 Å². The van der Waals surface area contributed by atoms with Crippen molar-refractivity contribution in [2.75, 3.05) is 6.54 Å². The third-order valence-electron chi connectivity index (χ3n) is 3.85. The number of nitrogens with one attached hydrogen (secondary N) is 1. The molecule has 1 aromatic heterocycles. The van der Waals surface area contributed by atoms with E-state index in [2.05, 4.69) is 43.1 Å². The van der Waals surface area contributed by atoms with Crippen molar-refractivity contribution >= 4 is 10.0 Å². The van der Waals surface area contributed by atoms with Crippen LogP contribution in [0.4, 0.5) is 0 Å². The van der Waals surface area contributed by atoms with Crippen molar-refractivity contribution in [1.82, 2.24) is 9.29 Å². The minimum atomic E-state index is -3.42. The van der Waals surface area contributed by atoms with Gasteiger partial charge in [0.1, 0.15) is 0 Å². The number of sulfonamides is 1. The fraction of sp³-hybridized carbons (Fsp3) is 0.412. The maximum absolute atomic E-state index is 12.2. The molecule has 1 heterocycles. The Bertz CT molecular complexity index is 732. The summed E-state index contributed by atoms with van der Waals surface area (Å²) in [7, 11) is -3.42. The Hall–Kier alpha value is -1.59. The molecule has 0 aliphatic heterocycles. The molecule has 0 saturated carbocycles. The summed E-state index contributed by atoms with van der Waals surface area (Å²) in [6, 6.07) is 11.0. The molecule has 0 saturated heterocycles. The summed E-state index contributed by atoms with van der Waals surface area (Å²) in [5.74, 6) is 0. The average molecular weight is 320 g/mol. The molecule has 0 radical (unpaired) electrons. The zero-order valence-corrected chi connectivity index (χ0v) is 14.4. The van der Waals surface area contributed by atoms with Crippen LogP contribution in [0.15, 0.2) is 41.3 Å². The molecule has 0 aliphatic carbocycles. The highest BCUT2D eigenvalue weighted by Gasteiger charge is 2.14. The van der Waals surface area contributed by atoms with Gasteiger partial charge in [0.25, 0.3) is 0 Å². The summed E-state index contributed by atoms with van der Waals surface area (Å²) in [6.07, 6.45) is 0.693. The highest BCUT2D eigenvalue weighted by atomic mass is 32.2. The molecule has 1 N–H and O–H groups in total. The van der Waals surface area contributed by atoms with Gasteiger partial charge >= 0.3 is 0 Å². The molecule has 0 atom stereocenters. The van der Waals surface area contributed by atoms with Crippen LogP contribution in [0.1, 0.15) is 36.8 Å². The topological polar surface area (TPSA) is 51.1 Å². The van der Waals surface area contributed by atoms with Crippen LogP contribution in [0.5, 0.6) is 0 Å². The largest absolute Gasteiger partial charge is 0.346 e. The summed E-state index contributed by atoms with van der Waals surface area (Å²) in [5.41, 5.74) is 3.63. The quantitative estimate of drug-likeness (QED) is 0.888. The Morgan fingerprint density at radius 3 is 2.32 bits per heavy atom. The Balaban J connectivity index is 2.05. The molecule has 0 amide bonds. The van der Waals surface area contributed by atoms with E-state index in [4.69, 9.17) is 0 Å². The number of rotatable bonds is 6. The first-order valence-corrected chi connectivity index (χ1v) is 9.03. The van der Waals surface area contributed by atoms with Gasteiger partial charge in [0.2, 0.25) is 10.0 Å². The number of hydrogen-bond donors (Lipinski definition) is 1. The zero-order chi connectivity index (χ0) is 16.3. The minimum Gasteiger partial charge on any atom is -0.346 e. The molecule has 22 heavy (non-hydrogen) atoms. The molecular formula is C17H24N2O2S. The molecular weight excluding hydrogens is 296 g/mol. The molecule has 2 rings (SSSR count). The molecule has 4 nitrogen and oxygen atoms in total. The molecule has 2 aromatic rings. The van der Waals surface area contributed by atoms with Crippen molar-refractivity contribution in [1.29, 1.82) is 0 Å². The number of benzene rings is 1. The van der Waals surface area contributed by atoms with E-state index >= 15 is 0 Å². The number of nitrogens with zero attached hydrogens (tertiary/aromatic N) is 1. The van der Waals surface area contributed by atoms with Crippen LogP contribution in [0.25, 0.3) is 0 Å². The van der Waals surface area contributed by atoms with E-state index in [0.29, 0.717) is 23.9 Å². The van der Waals surface area contributed by atoms with Gasteiger partial charge < -0.3 is 4.57 Å². The zero-order valence-electron chi connectivity index (χ0n) is 13.6. The third-order valence-corrected chi connectivity index (χ3v) is 5.32. The van der Waals surface area contributed by atoms with Crippen molar-refractivity contribution in [3.63, 3.8) is 0 Å². The highest BCUT2D eigenvalue weighted by molar-refractivity contribution is 7.89. The molecule has 0 unspecified atom stereocenters. The predicted octanol–water partition coefficient (Wildman–Crippen LogP) is 3.21. The monoisotopic (exact) mass is 320 g/mol. The maximum Gasteiger partial charge on any atom is 0.240 e. The van der Waals surface area contributed by atoms with Gasteiger partial charge in [-0.2, -0.15) is 0 Å². The van der Waals surface area contributed by atoms with E-state index in [1.54, 1.807) is 30.3 Å². The van der Waals surface area contributed by atoms with Crippen molar-refractivity contribution < 1.29 is 8.42 Å². The van der Waals surface area contributed by atoms with Crippen LogP contribution in [0.3, 0.4) is 0 Å². The van der Waals surface area contributed by atoms with Gasteiger partial charge in [-0.15, -0.1) is 0 Å².